The minimum atomic E-state index is 1.31. The van der Waals surface area contributed by atoms with Crippen molar-refractivity contribution in [3.8, 4) is 0 Å². The standard InChI is InChI=1S/C10H12S/c1-3-9-6-4-5-7-10(9)8-11-2/h3-8H,1-2H3/b9-3-,10-8-. The van der Waals surface area contributed by atoms with Crippen molar-refractivity contribution in [1.29, 1.82) is 0 Å². The van der Waals surface area contributed by atoms with E-state index in [9.17, 15) is 0 Å². The molecular formula is C10H12S. The van der Waals surface area contributed by atoms with Crippen molar-refractivity contribution in [3.63, 3.8) is 0 Å². The molecule has 0 aliphatic carbocycles. The lowest BCUT2D eigenvalue weighted by Crippen LogP contribution is -2.22. The number of hydrogen-bond acceptors (Lipinski definition) is 1. The van der Waals surface area contributed by atoms with Crippen LogP contribution in [0.2, 0.25) is 0 Å². The predicted octanol–water partition coefficient (Wildman–Crippen LogP) is 1.59. The molecule has 1 aromatic carbocycles. The SMILES string of the molecule is C/C=c1/cccc/c1=C/SC. The Hall–Kier alpha value is -0.690. The lowest BCUT2D eigenvalue weighted by atomic mass is 10.2. The molecule has 1 heteroatoms. The van der Waals surface area contributed by atoms with Gasteiger partial charge in [-0.05, 0) is 29.0 Å². The summed E-state index contributed by atoms with van der Waals surface area (Å²) in [5.74, 6) is 0. The summed E-state index contributed by atoms with van der Waals surface area (Å²) < 4.78 is 0. The van der Waals surface area contributed by atoms with Gasteiger partial charge in [-0.2, -0.15) is 0 Å². The quantitative estimate of drug-likeness (QED) is 0.607. The zero-order valence-electron chi connectivity index (χ0n) is 6.87. The molecule has 0 aromatic heterocycles. The van der Waals surface area contributed by atoms with Gasteiger partial charge in [0.2, 0.25) is 0 Å². The zero-order valence-corrected chi connectivity index (χ0v) is 7.69. The van der Waals surface area contributed by atoms with E-state index in [1.165, 1.54) is 10.4 Å². The Balaban J connectivity index is 3.37. The van der Waals surface area contributed by atoms with Crippen LogP contribution < -0.4 is 10.4 Å². The predicted molar refractivity (Wildman–Crippen MR) is 53.8 cm³/mol. The van der Waals surface area contributed by atoms with E-state index in [1.807, 2.05) is 0 Å². The Morgan fingerprint density at radius 2 is 1.82 bits per heavy atom. The van der Waals surface area contributed by atoms with Crippen molar-refractivity contribution < 1.29 is 0 Å². The topological polar surface area (TPSA) is 0 Å². The highest BCUT2D eigenvalue weighted by atomic mass is 32.2. The molecule has 1 aromatic rings. The van der Waals surface area contributed by atoms with Crippen LogP contribution >= 0.6 is 11.8 Å². The van der Waals surface area contributed by atoms with E-state index in [4.69, 9.17) is 0 Å². The van der Waals surface area contributed by atoms with Crippen LogP contribution in [0.1, 0.15) is 6.92 Å². The van der Waals surface area contributed by atoms with Crippen LogP contribution in [0.25, 0.3) is 11.5 Å². The lowest BCUT2D eigenvalue weighted by Gasteiger charge is -1.87. The Morgan fingerprint density at radius 3 is 2.36 bits per heavy atom. The summed E-state index contributed by atoms with van der Waals surface area (Å²) in [6.07, 6.45) is 4.20. The van der Waals surface area contributed by atoms with E-state index in [-0.39, 0.29) is 0 Å². The first-order valence-electron chi connectivity index (χ1n) is 3.63. The van der Waals surface area contributed by atoms with Crippen LogP contribution in [0, 0.1) is 0 Å². The van der Waals surface area contributed by atoms with Crippen LogP contribution in [-0.2, 0) is 0 Å². The van der Waals surface area contributed by atoms with Crippen LogP contribution in [0.3, 0.4) is 0 Å². The second-order valence-corrected chi connectivity index (χ2v) is 2.98. The third kappa shape index (κ3) is 2.12. The Kier molecular flexibility index (Phi) is 3.24. The summed E-state index contributed by atoms with van der Waals surface area (Å²) in [4.78, 5) is 0. The van der Waals surface area contributed by atoms with Gasteiger partial charge in [-0.3, -0.25) is 0 Å². The average molecular weight is 164 g/mol. The highest BCUT2D eigenvalue weighted by Crippen LogP contribution is 1.89. The molecule has 0 heterocycles. The fourth-order valence-electron chi connectivity index (χ4n) is 1.01. The minimum absolute atomic E-state index is 1.31. The first-order valence-corrected chi connectivity index (χ1v) is 4.91. The van der Waals surface area contributed by atoms with E-state index in [0.29, 0.717) is 0 Å². The first-order chi connectivity index (χ1) is 5.38. The molecule has 0 N–H and O–H groups in total. The monoisotopic (exact) mass is 164 g/mol. The molecular weight excluding hydrogens is 152 g/mol. The number of rotatable bonds is 1. The van der Waals surface area contributed by atoms with Crippen molar-refractivity contribution in [2.45, 2.75) is 6.92 Å². The number of thioether (sulfide) groups is 1. The number of hydrogen-bond donors (Lipinski definition) is 0. The molecule has 0 amide bonds. The van der Waals surface area contributed by atoms with Crippen molar-refractivity contribution in [1.82, 2.24) is 0 Å². The van der Waals surface area contributed by atoms with Gasteiger partial charge in [0.05, 0.1) is 0 Å². The van der Waals surface area contributed by atoms with Crippen LogP contribution in [-0.4, -0.2) is 6.26 Å². The van der Waals surface area contributed by atoms with Crippen molar-refractivity contribution in [2.75, 3.05) is 6.26 Å². The van der Waals surface area contributed by atoms with Gasteiger partial charge in [0.25, 0.3) is 0 Å². The number of benzene rings is 1. The largest absolute Gasteiger partial charge is 0.137 e. The third-order valence-corrected chi connectivity index (χ3v) is 2.04. The maximum Gasteiger partial charge on any atom is -0.0124 e. The molecule has 58 valence electrons. The summed E-state index contributed by atoms with van der Waals surface area (Å²) in [7, 11) is 0. The maximum absolute atomic E-state index is 2.16. The van der Waals surface area contributed by atoms with Gasteiger partial charge in [0.1, 0.15) is 0 Å². The van der Waals surface area contributed by atoms with E-state index < -0.39 is 0 Å². The van der Waals surface area contributed by atoms with Crippen LogP contribution in [0.5, 0.6) is 0 Å². The molecule has 0 spiro atoms. The third-order valence-electron chi connectivity index (χ3n) is 1.55. The molecule has 0 saturated carbocycles. The summed E-state index contributed by atoms with van der Waals surface area (Å²) in [5.41, 5.74) is 0. The van der Waals surface area contributed by atoms with Crippen LogP contribution in [0.4, 0.5) is 0 Å². The summed E-state index contributed by atoms with van der Waals surface area (Å²) in [5, 5.41) is 4.78. The Morgan fingerprint density at radius 1 is 1.18 bits per heavy atom. The molecule has 0 saturated heterocycles. The maximum atomic E-state index is 2.16. The highest BCUT2D eigenvalue weighted by molar-refractivity contribution is 8.05. The van der Waals surface area contributed by atoms with Gasteiger partial charge in [-0.1, -0.05) is 30.3 Å². The van der Waals surface area contributed by atoms with E-state index in [2.05, 4.69) is 48.9 Å². The van der Waals surface area contributed by atoms with Gasteiger partial charge in [-0.25, -0.2) is 0 Å². The molecule has 0 aliphatic heterocycles. The zero-order chi connectivity index (χ0) is 8.10. The molecule has 0 nitrogen and oxygen atoms in total. The molecule has 0 aliphatic rings. The van der Waals surface area contributed by atoms with E-state index in [0.717, 1.165) is 0 Å². The molecule has 0 bridgehead atoms. The van der Waals surface area contributed by atoms with Gasteiger partial charge in [0.15, 0.2) is 0 Å². The smallest absolute Gasteiger partial charge is 0.0124 e. The molecule has 1 rings (SSSR count). The molecule has 0 radical (unpaired) electrons. The molecule has 0 unspecified atom stereocenters. The average Bonchev–Trinajstić information content (AvgIpc) is 2.06. The van der Waals surface area contributed by atoms with Crippen molar-refractivity contribution >= 4 is 23.2 Å². The Bertz CT molecular complexity index is 325. The molecule has 0 fully saturated rings. The second kappa shape index (κ2) is 4.24. The summed E-state index contributed by atoms with van der Waals surface area (Å²) in [6, 6.07) is 8.38. The fourth-order valence-corrected chi connectivity index (χ4v) is 1.48. The van der Waals surface area contributed by atoms with Crippen LogP contribution in [0.15, 0.2) is 24.3 Å². The van der Waals surface area contributed by atoms with Gasteiger partial charge in [0, 0.05) is 0 Å². The van der Waals surface area contributed by atoms with Gasteiger partial charge < -0.3 is 0 Å². The normalized spacial score (nSPS) is 14.0. The fraction of sp³-hybridized carbons (Fsp3) is 0.200. The van der Waals surface area contributed by atoms with Crippen molar-refractivity contribution in [3.05, 3.63) is 34.7 Å². The first kappa shape index (κ1) is 8.41. The molecule has 0 atom stereocenters. The Labute approximate surface area is 71.6 Å². The van der Waals surface area contributed by atoms with E-state index >= 15 is 0 Å². The van der Waals surface area contributed by atoms with E-state index in [1.54, 1.807) is 11.8 Å². The summed E-state index contributed by atoms with van der Waals surface area (Å²) >= 11 is 1.74. The van der Waals surface area contributed by atoms with Gasteiger partial charge >= 0.3 is 0 Å². The molecule has 11 heavy (non-hydrogen) atoms. The second-order valence-electron chi connectivity index (χ2n) is 2.27. The van der Waals surface area contributed by atoms with Gasteiger partial charge in [-0.15, -0.1) is 11.8 Å². The van der Waals surface area contributed by atoms with Crippen molar-refractivity contribution in [2.24, 2.45) is 0 Å². The lowest BCUT2D eigenvalue weighted by molar-refractivity contribution is 1.52. The highest BCUT2D eigenvalue weighted by Gasteiger charge is 1.79. The minimum Gasteiger partial charge on any atom is -0.137 e. The summed E-state index contributed by atoms with van der Waals surface area (Å²) in [6.45, 7) is 2.06.